The lowest BCUT2D eigenvalue weighted by Gasteiger charge is -1.99. The summed E-state index contributed by atoms with van der Waals surface area (Å²) in [4.78, 5) is 0. The molecule has 1 N–H and O–H groups in total. The summed E-state index contributed by atoms with van der Waals surface area (Å²) in [5.74, 6) is 0. The van der Waals surface area contributed by atoms with Crippen molar-refractivity contribution in [1.82, 2.24) is 0 Å². The summed E-state index contributed by atoms with van der Waals surface area (Å²) in [6, 6.07) is 8.03. The van der Waals surface area contributed by atoms with Gasteiger partial charge in [0.05, 0.1) is 5.71 Å². The van der Waals surface area contributed by atoms with E-state index >= 15 is 0 Å². The fraction of sp³-hybridized carbons (Fsp3) is 0.0714. The van der Waals surface area contributed by atoms with Crippen molar-refractivity contribution < 1.29 is 0 Å². The van der Waals surface area contributed by atoms with Gasteiger partial charge in [0.25, 0.3) is 0 Å². The highest BCUT2D eigenvalue weighted by molar-refractivity contribution is 6.19. The molecular formula is C14H13N. The average molecular weight is 195 g/mol. The molecule has 1 aliphatic carbocycles. The minimum absolute atomic E-state index is 0.603. The Hall–Kier alpha value is -1.89. The van der Waals surface area contributed by atoms with Crippen LogP contribution < -0.4 is 0 Å². The topological polar surface area (TPSA) is 23.9 Å². The molecule has 0 saturated heterocycles. The lowest BCUT2D eigenvalue weighted by molar-refractivity contribution is 1.50. The maximum Gasteiger partial charge on any atom is 0.0624 e. The van der Waals surface area contributed by atoms with Gasteiger partial charge < -0.3 is 5.41 Å². The molecule has 0 heterocycles. The van der Waals surface area contributed by atoms with Crippen LogP contribution in [0, 0.1) is 5.41 Å². The Morgan fingerprint density at radius 1 is 1.07 bits per heavy atom. The van der Waals surface area contributed by atoms with Crippen molar-refractivity contribution in [3.63, 3.8) is 0 Å². The van der Waals surface area contributed by atoms with Crippen LogP contribution in [0.3, 0.4) is 0 Å². The molecule has 0 amide bonds. The Morgan fingerprint density at radius 2 is 1.80 bits per heavy atom. The molecule has 0 radical (unpaired) electrons. The van der Waals surface area contributed by atoms with Crippen LogP contribution in [0.5, 0.6) is 0 Å². The maximum atomic E-state index is 7.81. The molecular weight excluding hydrogens is 182 g/mol. The van der Waals surface area contributed by atoms with Gasteiger partial charge in [-0.05, 0) is 24.1 Å². The summed E-state index contributed by atoms with van der Waals surface area (Å²) in [5, 5.41) is 7.81. The second-order valence-corrected chi connectivity index (χ2v) is 3.44. The number of hydrogen-bond acceptors (Lipinski definition) is 1. The van der Waals surface area contributed by atoms with Crippen molar-refractivity contribution in [3.05, 3.63) is 65.8 Å². The zero-order valence-corrected chi connectivity index (χ0v) is 8.70. The molecule has 0 aliphatic heterocycles. The Kier molecular flexibility index (Phi) is 2.64. The van der Waals surface area contributed by atoms with Crippen molar-refractivity contribution >= 4 is 11.3 Å². The number of benzene rings is 1. The first kappa shape index (κ1) is 9.66. The second-order valence-electron chi connectivity index (χ2n) is 3.44. The van der Waals surface area contributed by atoms with E-state index in [0.29, 0.717) is 5.71 Å². The van der Waals surface area contributed by atoms with Crippen LogP contribution in [0.2, 0.25) is 0 Å². The molecule has 1 nitrogen and oxygen atoms in total. The third-order valence-corrected chi connectivity index (χ3v) is 2.41. The average Bonchev–Trinajstić information content (AvgIpc) is 2.58. The molecule has 1 aromatic rings. The molecule has 15 heavy (non-hydrogen) atoms. The first-order valence-corrected chi connectivity index (χ1v) is 5.02. The molecule has 0 unspecified atom stereocenters. The highest BCUT2D eigenvalue weighted by Gasteiger charge is 2.14. The number of rotatable bonds is 2. The highest BCUT2D eigenvalue weighted by atomic mass is 14.4. The predicted octanol–water partition coefficient (Wildman–Crippen LogP) is 3.58. The zero-order valence-electron chi connectivity index (χ0n) is 8.70. The number of hydrogen-bond donors (Lipinski definition) is 1. The molecule has 0 saturated carbocycles. The standard InChI is InChI=1S/C14H13N/c1-2-3-4-7-11-10-14(15)13-9-6-5-8-12(11)13/h2-10,15H,1H3/b3-2-,7-4-,15-14?. The molecule has 74 valence electrons. The van der Waals surface area contributed by atoms with E-state index < -0.39 is 0 Å². The molecule has 0 atom stereocenters. The molecule has 1 heteroatoms. The fourth-order valence-corrected chi connectivity index (χ4v) is 1.69. The van der Waals surface area contributed by atoms with E-state index in [1.165, 1.54) is 0 Å². The molecule has 2 rings (SSSR count). The normalized spacial score (nSPS) is 15.0. The van der Waals surface area contributed by atoms with Gasteiger partial charge in [-0.15, -0.1) is 0 Å². The van der Waals surface area contributed by atoms with Crippen molar-refractivity contribution in [3.8, 4) is 0 Å². The summed E-state index contributed by atoms with van der Waals surface area (Å²) in [6.45, 7) is 1.99. The summed E-state index contributed by atoms with van der Waals surface area (Å²) < 4.78 is 0. The van der Waals surface area contributed by atoms with Gasteiger partial charge in [-0.25, -0.2) is 0 Å². The number of fused-ring (bicyclic) bond motifs is 1. The van der Waals surface area contributed by atoms with Crippen LogP contribution >= 0.6 is 0 Å². The van der Waals surface area contributed by atoms with Crippen molar-refractivity contribution in [2.75, 3.05) is 0 Å². The van der Waals surface area contributed by atoms with Crippen LogP contribution in [-0.4, -0.2) is 5.71 Å². The van der Waals surface area contributed by atoms with Crippen LogP contribution in [0.15, 0.2) is 54.6 Å². The molecule has 0 bridgehead atoms. The summed E-state index contributed by atoms with van der Waals surface area (Å²) in [5.41, 5.74) is 3.90. The van der Waals surface area contributed by atoms with Gasteiger partial charge in [0.15, 0.2) is 0 Å². The first-order chi connectivity index (χ1) is 7.33. The van der Waals surface area contributed by atoms with E-state index in [-0.39, 0.29) is 0 Å². The Labute approximate surface area is 90.0 Å². The van der Waals surface area contributed by atoms with Crippen LogP contribution in [0.1, 0.15) is 18.1 Å². The second kappa shape index (κ2) is 4.09. The lowest BCUT2D eigenvalue weighted by Crippen LogP contribution is -1.89. The molecule has 1 aromatic carbocycles. The predicted molar refractivity (Wildman–Crippen MR) is 65.2 cm³/mol. The van der Waals surface area contributed by atoms with E-state index in [4.69, 9.17) is 5.41 Å². The molecule has 0 fully saturated rings. The van der Waals surface area contributed by atoms with Crippen molar-refractivity contribution in [2.24, 2.45) is 0 Å². The van der Waals surface area contributed by atoms with Gasteiger partial charge >= 0.3 is 0 Å². The largest absolute Gasteiger partial charge is 0.300 e. The number of allylic oxidation sites excluding steroid dienone is 6. The quantitative estimate of drug-likeness (QED) is 0.697. The van der Waals surface area contributed by atoms with Crippen molar-refractivity contribution in [1.29, 1.82) is 5.41 Å². The molecule has 1 aliphatic rings. The van der Waals surface area contributed by atoms with Gasteiger partial charge in [-0.2, -0.15) is 0 Å². The van der Waals surface area contributed by atoms with Gasteiger partial charge in [0.1, 0.15) is 0 Å². The summed E-state index contributed by atoms with van der Waals surface area (Å²) in [7, 11) is 0. The van der Waals surface area contributed by atoms with Gasteiger partial charge in [0, 0.05) is 5.56 Å². The first-order valence-electron chi connectivity index (χ1n) is 5.02. The Balaban J connectivity index is 2.37. The van der Waals surface area contributed by atoms with E-state index in [9.17, 15) is 0 Å². The SMILES string of the molecule is C/C=C\C=C/C1=CC(=N)c2ccccc21. The third kappa shape index (κ3) is 1.82. The Bertz CT molecular complexity index is 476. The van der Waals surface area contributed by atoms with Gasteiger partial charge in [-0.3, -0.25) is 0 Å². The molecule has 0 aromatic heterocycles. The summed E-state index contributed by atoms with van der Waals surface area (Å²) in [6.07, 6.45) is 9.93. The van der Waals surface area contributed by atoms with E-state index in [0.717, 1.165) is 16.7 Å². The Morgan fingerprint density at radius 3 is 2.53 bits per heavy atom. The summed E-state index contributed by atoms with van der Waals surface area (Å²) >= 11 is 0. The lowest BCUT2D eigenvalue weighted by atomic mass is 10.1. The smallest absolute Gasteiger partial charge is 0.0624 e. The van der Waals surface area contributed by atoms with E-state index in [1.54, 1.807) is 0 Å². The maximum absolute atomic E-state index is 7.81. The zero-order chi connectivity index (χ0) is 10.7. The van der Waals surface area contributed by atoms with Crippen LogP contribution in [0.4, 0.5) is 0 Å². The van der Waals surface area contributed by atoms with Gasteiger partial charge in [-0.1, -0.05) is 48.6 Å². The van der Waals surface area contributed by atoms with Gasteiger partial charge in [0.2, 0.25) is 0 Å². The molecule has 0 spiro atoms. The minimum atomic E-state index is 0.603. The fourth-order valence-electron chi connectivity index (χ4n) is 1.69. The minimum Gasteiger partial charge on any atom is -0.300 e. The van der Waals surface area contributed by atoms with Crippen LogP contribution in [-0.2, 0) is 0 Å². The van der Waals surface area contributed by atoms with E-state index in [2.05, 4.69) is 6.07 Å². The number of nitrogens with one attached hydrogen (secondary N) is 1. The van der Waals surface area contributed by atoms with Crippen molar-refractivity contribution in [2.45, 2.75) is 6.92 Å². The van der Waals surface area contributed by atoms with E-state index in [1.807, 2.05) is 55.5 Å². The highest BCUT2D eigenvalue weighted by Crippen LogP contribution is 2.27. The monoisotopic (exact) mass is 195 g/mol. The third-order valence-electron chi connectivity index (χ3n) is 2.41. The van der Waals surface area contributed by atoms with Crippen LogP contribution in [0.25, 0.3) is 5.57 Å².